The Bertz CT molecular complexity index is 551. The number of aromatic nitrogens is 1. The lowest BCUT2D eigenvalue weighted by molar-refractivity contribution is -0.117. The van der Waals surface area contributed by atoms with Crippen LogP contribution in [0.5, 0.6) is 0 Å². The van der Waals surface area contributed by atoms with Crippen LogP contribution < -0.4 is 5.32 Å². The van der Waals surface area contributed by atoms with Gasteiger partial charge in [0.15, 0.2) is 0 Å². The third kappa shape index (κ3) is 2.83. The number of halogens is 1. The number of pyridine rings is 1. The van der Waals surface area contributed by atoms with Crippen molar-refractivity contribution in [2.24, 2.45) is 0 Å². The summed E-state index contributed by atoms with van der Waals surface area (Å²) in [6, 6.07) is 9.28. The standard InChI is InChI=1S/C14H15FN2O/c1-2-11(15)9-13(18)17-12-7-3-5-10-6-4-8-16-14(10)12/h3-8,11H,2,9H2,1H3,(H,17,18). The number of anilines is 1. The van der Waals surface area contributed by atoms with Crippen LogP contribution in [-0.2, 0) is 4.79 Å². The van der Waals surface area contributed by atoms with Crippen LogP contribution in [-0.4, -0.2) is 17.1 Å². The number of benzene rings is 1. The topological polar surface area (TPSA) is 42.0 Å². The Morgan fingerprint density at radius 3 is 2.94 bits per heavy atom. The van der Waals surface area contributed by atoms with E-state index in [9.17, 15) is 9.18 Å². The van der Waals surface area contributed by atoms with Crippen molar-refractivity contribution in [2.45, 2.75) is 25.9 Å². The molecule has 0 aliphatic heterocycles. The van der Waals surface area contributed by atoms with Gasteiger partial charge in [-0.1, -0.05) is 25.1 Å². The average molecular weight is 246 g/mol. The predicted molar refractivity (Wildman–Crippen MR) is 70.2 cm³/mol. The molecule has 0 fully saturated rings. The number of carbonyl (C=O) groups is 1. The van der Waals surface area contributed by atoms with E-state index >= 15 is 0 Å². The summed E-state index contributed by atoms with van der Waals surface area (Å²) in [5, 5.41) is 3.66. The number of rotatable bonds is 4. The lowest BCUT2D eigenvalue weighted by Crippen LogP contribution is -2.17. The minimum absolute atomic E-state index is 0.111. The fourth-order valence-corrected chi connectivity index (χ4v) is 1.75. The molecule has 94 valence electrons. The van der Waals surface area contributed by atoms with Crippen molar-refractivity contribution in [1.82, 2.24) is 4.98 Å². The summed E-state index contributed by atoms with van der Waals surface area (Å²) in [6.45, 7) is 1.72. The second-order valence-corrected chi connectivity index (χ2v) is 4.14. The third-order valence-corrected chi connectivity index (χ3v) is 2.76. The van der Waals surface area contributed by atoms with Gasteiger partial charge in [0.1, 0.15) is 6.17 Å². The zero-order chi connectivity index (χ0) is 13.0. The molecule has 1 N–H and O–H groups in total. The van der Waals surface area contributed by atoms with E-state index < -0.39 is 6.17 Å². The summed E-state index contributed by atoms with van der Waals surface area (Å²) in [5.41, 5.74) is 1.35. The largest absolute Gasteiger partial charge is 0.324 e. The molecule has 1 unspecified atom stereocenters. The van der Waals surface area contributed by atoms with E-state index in [1.165, 1.54) is 0 Å². The van der Waals surface area contributed by atoms with E-state index in [-0.39, 0.29) is 12.3 Å². The van der Waals surface area contributed by atoms with E-state index in [0.717, 1.165) is 10.9 Å². The highest BCUT2D eigenvalue weighted by Gasteiger charge is 2.12. The average Bonchev–Trinajstić information content (AvgIpc) is 2.39. The molecule has 1 heterocycles. The molecule has 4 heteroatoms. The van der Waals surface area contributed by atoms with Crippen LogP contribution in [0.15, 0.2) is 36.5 Å². The normalized spacial score (nSPS) is 12.3. The van der Waals surface area contributed by atoms with Crippen molar-refractivity contribution >= 4 is 22.5 Å². The fourth-order valence-electron chi connectivity index (χ4n) is 1.75. The Morgan fingerprint density at radius 1 is 1.39 bits per heavy atom. The first-order valence-corrected chi connectivity index (χ1v) is 5.98. The third-order valence-electron chi connectivity index (χ3n) is 2.76. The van der Waals surface area contributed by atoms with E-state index in [1.54, 1.807) is 19.2 Å². The number of nitrogens with zero attached hydrogens (tertiary/aromatic N) is 1. The molecule has 3 nitrogen and oxygen atoms in total. The number of nitrogens with one attached hydrogen (secondary N) is 1. The molecule has 1 aromatic heterocycles. The number of amides is 1. The van der Waals surface area contributed by atoms with Crippen LogP contribution in [0.3, 0.4) is 0 Å². The van der Waals surface area contributed by atoms with Gasteiger partial charge in [-0.2, -0.15) is 0 Å². The molecule has 0 radical (unpaired) electrons. The van der Waals surface area contributed by atoms with Crippen LogP contribution in [0.1, 0.15) is 19.8 Å². The SMILES string of the molecule is CCC(F)CC(=O)Nc1cccc2cccnc12. The first-order valence-electron chi connectivity index (χ1n) is 5.98. The summed E-state index contributed by atoms with van der Waals surface area (Å²) in [7, 11) is 0. The number of hydrogen-bond donors (Lipinski definition) is 1. The highest BCUT2D eigenvalue weighted by Crippen LogP contribution is 2.21. The van der Waals surface area contributed by atoms with E-state index in [2.05, 4.69) is 10.3 Å². The Labute approximate surface area is 105 Å². The second kappa shape index (κ2) is 5.58. The van der Waals surface area contributed by atoms with Crippen molar-refractivity contribution in [2.75, 3.05) is 5.32 Å². The first kappa shape index (κ1) is 12.5. The zero-order valence-corrected chi connectivity index (χ0v) is 10.2. The van der Waals surface area contributed by atoms with Gasteiger partial charge in [-0.05, 0) is 18.6 Å². The molecule has 18 heavy (non-hydrogen) atoms. The fraction of sp³-hybridized carbons (Fsp3) is 0.286. The molecular weight excluding hydrogens is 231 g/mol. The van der Waals surface area contributed by atoms with Gasteiger partial charge in [0.2, 0.25) is 5.91 Å². The van der Waals surface area contributed by atoms with Crippen molar-refractivity contribution in [3.05, 3.63) is 36.5 Å². The molecular formula is C14H15FN2O. The first-order chi connectivity index (χ1) is 8.70. The molecule has 0 saturated heterocycles. The lowest BCUT2D eigenvalue weighted by Gasteiger charge is -2.09. The van der Waals surface area contributed by atoms with Crippen molar-refractivity contribution in [3.63, 3.8) is 0 Å². The number of fused-ring (bicyclic) bond motifs is 1. The van der Waals surface area contributed by atoms with Gasteiger partial charge in [-0.15, -0.1) is 0 Å². The maximum atomic E-state index is 13.1. The van der Waals surface area contributed by atoms with Crippen LogP contribution in [0.2, 0.25) is 0 Å². The monoisotopic (exact) mass is 246 g/mol. The van der Waals surface area contributed by atoms with E-state index in [0.29, 0.717) is 12.1 Å². The molecule has 0 spiro atoms. The Kier molecular flexibility index (Phi) is 3.87. The summed E-state index contributed by atoms with van der Waals surface area (Å²) < 4.78 is 13.1. The molecule has 0 saturated carbocycles. The molecule has 1 atom stereocenters. The van der Waals surface area contributed by atoms with Crippen molar-refractivity contribution < 1.29 is 9.18 Å². The maximum Gasteiger partial charge on any atom is 0.227 e. The number of para-hydroxylation sites is 1. The predicted octanol–water partition coefficient (Wildman–Crippen LogP) is 3.31. The van der Waals surface area contributed by atoms with Gasteiger partial charge >= 0.3 is 0 Å². The summed E-state index contributed by atoms with van der Waals surface area (Å²) in [6.07, 6.45) is 0.816. The van der Waals surface area contributed by atoms with Gasteiger partial charge in [0, 0.05) is 11.6 Å². The van der Waals surface area contributed by atoms with Gasteiger partial charge in [0.25, 0.3) is 0 Å². The van der Waals surface area contributed by atoms with Gasteiger partial charge in [-0.25, -0.2) is 4.39 Å². The van der Waals surface area contributed by atoms with Crippen molar-refractivity contribution in [3.8, 4) is 0 Å². The number of hydrogen-bond acceptors (Lipinski definition) is 2. The van der Waals surface area contributed by atoms with Crippen LogP contribution in [0.25, 0.3) is 10.9 Å². The summed E-state index contributed by atoms with van der Waals surface area (Å²) >= 11 is 0. The highest BCUT2D eigenvalue weighted by molar-refractivity contribution is 6.00. The number of carbonyl (C=O) groups excluding carboxylic acids is 1. The smallest absolute Gasteiger partial charge is 0.227 e. The molecule has 2 aromatic rings. The van der Waals surface area contributed by atoms with Gasteiger partial charge in [-0.3, -0.25) is 9.78 Å². The molecule has 0 aliphatic carbocycles. The Balaban J connectivity index is 2.19. The van der Waals surface area contributed by atoms with Crippen LogP contribution in [0.4, 0.5) is 10.1 Å². The maximum absolute atomic E-state index is 13.1. The second-order valence-electron chi connectivity index (χ2n) is 4.14. The van der Waals surface area contributed by atoms with Gasteiger partial charge < -0.3 is 5.32 Å². The van der Waals surface area contributed by atoms with E-state index in [4.69, 9.17) is 0 Å². The minimum Gasteiger partial charge on any atom is -0.324 e. The minimum atomic E-state index is -1.09. The summed E-state index contributed by atoms with van der Waals surface area (Å²) in [5.74, 6) is -0.317. The highest BCUT2D eigenvalue weighted by atomic mass is 19.1. The quantitative estimate of drug-likeness (QED) is 0.899. The number of alkyl halides is 1. The molecule has 0 bridgehead atoms. The Morgan fingerprint density at radius 2 is 2.17 bits per heavy atom. The summed E-state index contributed by atoms with van der Waals surface area (Å²) in [4.78, 5) is 15.9. The van der Waals surface area contributed by atoms with Crippen LogP contribution in [0, 0.1) is 0 Å². The van der Waals surface area contributed by atoms with E-state index in [1.807, 2.05) is 24.3 Å². The molecule has 0 aliphatic rings. The molecule has 2 rings (SSSR count). The molecule has 1 aromatic carbocycles. The lowest BCUT2D eigenvalue weighted by atomic mass is 10.1. The van der Waals surface area contributed by atoms with Crippen LogP contribution >= 0.6 is 0 Å². The zero-order valence-electron chi connectivity index (χ0n) is 10.2. The Hall–Kier alpha value is -1.97. The van der Waals surface area contributed by atoms with Crippen molar-refractivity contribution in [1.29, 1.82) is 0 Å². The molecule has 1 amide bonds. The van der Waals surface area contributed by atoms with Gasteiger partial charge in [0.05, 0.1) is 17.6 Å².